The molecule has 0 radical (unpaired) electrons. The highest BCUT2D eigenvalue weighted by atomic mass is 16.8. The van der Waals surface area contributed by atoms with Crippen LogP contribution in [-0.2, 0) is 99.8 Å². The highest BCUT2D eigenvalue weighted by Crippen LogP contribution is 2.46. The molecule has 0 bridgehead atoms. The van der Waals surface area contributed by atoms with Crippen molar-refractivity contribution in [2.45, 2.75) is 164 Å². The maximum absolute atomic E-state index is 14.4. The lowest BCUT2D eigenvalue weighted by Gasteiger charge is -2.42. The number of hydrogen-bond acceptors (Lipinski definition) is 34. The number of methoxy groups -OCH3 is 3. The predicted molar refractivity (Wildman–Crippen MR) is 308 cm³/mol. The van der Waals surface area contributed by atoms with Gasteiger partial charge in [0.05, 0.1) is 109 Å². The Morgan fingerprint density at radius 1 is 0.547 bits per heavy atom. The van der Waals surface area contributed by atoms with Crippen molar-refractivity contribution in [2.75, 3.05) is 61.0 Å². The quantitative estimate of drug-likeness (QED) is 0.0220. The van der Waals surface area contributed by atoms with Crippen LogP contribution in [0.2, 0.25) is 0 Å². The average Bonchev–Trinajstić information content (AvgIpc) is 1.10. The summed E-state index contributed by atoms with van der Waals surface area (Å²) in [5.74, 6) is -14.0. The van der Waals surface area contributed by atoms with Gasteiger partial charge in [-0.3, -0.25) is 14.4 Å². The number of aliphatic hydroxyl groups excluding tert-OH is 13. The second-order valence-corrected chi connectivity index (χ2v) is 23.6. The van der Waals surface area contributed by atoms with Gasteiger partial charge in [0.25, 0.3) is 0 Å². The zero-order valence-corrected chi connectivity index (χ0v) is 52.7. The van der Waals surface area contributed by atoms with Gasteiger partial charge in [-0.25, -0.2) is 14.4 Å². The summed E-state index contributed by atoms with van der Waals surface area (Å²) in [4.78, 5) is 82.5. The first kappa shape index (κ1) is 76.3. The van der Waals surface area contributed by atoms with Crippen LogP contribution >= 0.6 is 0 Å². The molecular weight excluding hydrogens is 1280 g/mol. The van der Waals surface area contributed by atoms with E-state index < -0.39 is 259 Å². The van der Waals surface area contributed by atoms with Crippen molar-refractivity contribution in [3.8, 4) is 0 Å². The van der Waals surface area contributed by atoms with Crippen molar-refractivity contribution in [3.05, 3.63) is 71.5 Å². The fourth-order valence-corrected chi connectivity index (χ4v) is 12.7. The van der Waals surface area contributed by atoms with Crippen molar-refractivity contribution in [2.24, 2.45) is 47.3 Å². The number of ether oxygens (including phenoxy) is 15. The Morgan fingerprint density at radius 2 is 0.968 bits per heavy atom. The molecule has 13 N–H and O–H groups in total. The topological polar surface area (TPSA) is 504 Å². The number of rotatable bonds is 26. The van der Waals surface area contributed by atoms with E-state index in [1.807, 2.05) is 0 Å². The number of carbonyl (C=O) groups excluding carboxylic acids is 6. The standard InChI is InChI=1S/C61H86O34/c1-8-26-30(34(53(78)81-5)21-86-56(26)93-59-50(75)47(72)44(69)38(16-63)90-59)12-41(66)84-19-25(15-62)29-11-37(89-43(68)14-32-28(10-3)58(88-23-36(32)55(80)83-7)95-61-52(77)49(74)46(71)40(18-65)92-61)24(4)33(29)20-85-42(67)13-31-27(9-2)57(87-22-35(31)54(79)82-6)94-60-51(76)48(73)45(70)39(17-64)91-60/h8-10,21-25,27,29-33,37-40,44-52,56-65,69-77H,2,11-20H2,1,3-7H3/b26-8+,28-10+/t24-,25-,27+,29+,30+,31+,32+,33-,37-,38+,39+,40-,44+,45+,46-,47-,48-,49+,50+,51+,52-,56-,57-,58-,59-,60-,61+/m1/s1. The first-order valence-corrected chi connectivity index (χ1v) is 30.6. The molecule has 1 saturated carbocycles. The van der Waals surface area contributed by atoms with E-state index >= 15 is 0 Å². The fraction of sp³-hybridized carbons (Fsp3) is 0.705. The molecule has 0 aromatic heterocycles. The zero-order valence-electron chi connectivity index (χ0n) is 52.7. The fourth-order valence-electron chi connectivity index (χ4n) is 12.7. The Hall–Kier alpha value is -6.10. The molecule has 34 nitrogen and oxygen atoms in total. The highest BCUT2D eigenvalue weighted by Gasteiger charge is 2.53. The third-order valence-electron chi connectivity index (χ3n) is 18.2. The lowest BCUT2D eigenvalue weighted by molar-refractivity contribution is -0.339. The van der Waals surface area contributed by atoms with Crippen molar-refractivity contribution < 1.29 is 166 Å². The van der Waals surface area contributed by atoms with E-state index in [9.17, 15) is 95.2 Å². The molecule has 534 valence electrons. The maximum Gasteiger partial charge on any atom is 0.337 e. The molecule has 27 atom stereocenters. The van der Waals surface area contributed by atoms with E-state index in [1.165, 1.54) is 32.1 Å². The van der Waals surface area contributed by atoms with Crippen LogP contribution in [0.3, 0.4) is 0 Å². The summed E-state index contributed by atoms with van der Waals surface area (Å²) in [5, 5.41) is 135. The summed E-state index contributed by atoms with van der Waals surface area (Å²) in [7, 11) is 3.21. The Morgan fingerprint density at radius 3 is 1.39 bits per heavy atom. The molecule has 7 aliphatic rings. The Labute approximate surface area is 543 Å². The first-order valence-electron chi connectivity index (χ1n) is 30.6. The van der Waals surface area contributed by atoms with E-state index in [0.717, 1.165) is 40.1 Å². The molecular formula is C61H86O34. The van der Waals surface area contributed by atoms with Crippen molar-refractivity contribution in [1.82, 2.24) is 0 Å². The van der Waals surface area contributed by atoms with Crippen molar-refractivity contribution >= 4 is 35.8 Å². The minimum Gasteiger partial charge on any atom is -0.471 e. The molecule has 0 spiro atoms. The van der Waals surface area contributed by atoms with Gasteiger partial charge in [0.15, 0.2) is 18.9 Å². The molecule has 34 heteroatoms. The molecule has 0 aromatic carbocycles. The first-order chi connectivity index (χ1) is 45.3. The second kappa shape index (κ2) is 34.4. The molecule has 7 rings (SSSR count). The molecule has 0 aromatic rings. The van der Waals surface area contributed by atoms with Crippen LogP contribution < -0.4 is 0 Å². The molecule has 3 saturated heterocycles. The molecule has 4 fully saturated rings. The summed E-state index contributed by atoms with van der Waals surface area (Å²) >= 11 is 0. The lowest BCUT2D eigenvalue weighted by atomic mass is 9.81. The normalized spacial score (nSPS) is 39.1. The van der Waals surface area contributed by atoms with Crippen LogP contribution in [0.25, 0.3) is 0 Å². The molecule has 0 amide bonds. The van der Waals surface area contributed by atoms with Crippen LogP contribution in [0.15, 0.2) is 71.5 Å². The summed E-state index contributed by atoms with van der Waals surface area (Å²) in [6.45, 7) is 4.36. The Kier molecular flexibility index (Phi) is 27.6. The van der Waals surface area contributed by atoms with E-state index in [1.54, 1.807) is 6.92 Å². The van der Waals surface area contributed by atoms with E-state index in [4.69, 9.17) is 71.1 Å². The van der Waals surface area contributed by atoms with Crippen molar-refractivity contribution in [1.29, 1.82) is 0 Å². The van der Waals surface area contributed by atoms with E-state index in [-0.39, 0.29) is 34.3 Å². The van der Waals surface area contributed by atoms with Crippen LogP contribution in [0.4, 0.5) is 0 Å². The predicted octanol–water partition coefficient (Wildman–Crippen LogP) is -4.73. The zero-order chi connectivity index (χ0) is 69.9. The van der Waals surface area contributed by atoms with Gasteiger partial charge in [-0.15, -0.1) is 6.58 Å². The van der Waals surface area contributed by atoms with Crippen LogP contribution in [0.1, 0.15) is 46.5 Å². The largest absolute Gasteiger partial charge is 0.471 e. The summed E-state index contributed by atoms with van der Waals surface area (Å²) in [5.41, 5.74) is -0.388. The summed E-state index contributed by atoms with van der Waals surface area (Å²) in [6, 6.07) is 0. The number of carbonyl (C=O) groups is 6. The summed E-state index contributed by atoms with van der Waals surface area (Å²) in [6.07, 6.45) is -26.3. The van der Waals surface area contributed by atoms with Gasteiger partial charge < -0.3 is 137 Å². The van der Waals surface area contributed by atoms with Crippen LogP contribution in [0, 0.1) is 47.3 Å². The SMILES string of the molecule is C=C[C@@H]1[C@@H](O[C@H]2O[C@@H](CO)[C@H](O)[C@@H](O)[C@@H]2O)OC=C(C(=O)OC)[C@H]1CC(=O)OC[C@@H]1[C@@H](C)[C@H](OC(=O)C[C@@H]2C(C(=O)OC)=CO[C@H](O[C@@H]3O[C@H](CO)[C@@H](O)[C@H](O)[C@H]3O)/C2=C/C)C[C@H]1[C@H](CO)COC(=O)C[C@@H]1C(C(=O)OC)=CO[C@H](O[C@H]2O[C@@H](CO)[C@H](O)[C@@H](O)[C@@H]2O)/C1=C/C. The van der Waals surface area contributed by atoms with Gasteiger partial charge in [0.1, 0.15) is 79.4 Å². The van der Waals surface area contributed by atoms with Gasteiger partial charge in [0, 0.05) is 53.3 Å². The van der Waals surface area contributed by atoms with Crippen LogP contribution in [0.5, 0.6) is 0 Å². The van der Waals surface area contributed by atoms with Gasteiger partial charge >= 0.3 is 35.8 Å². The van der Waals surface area contributed by atoms with Gasteiger partial charge in [-0.2, -0.15) is 0 Å². The smallest absolute Gasteiger partial charge is 0.337 e. The second-order valence-electron chi connectivity index (χ2n) is 23.6. The molecule has 1 aliphatic carbocycles. The summed E-state index contributed by atoms with van der Waals surface area (Å²) < 4.78 is 84.2. The number of allylic oxidation sites excluding steroid dienone is 2. The highest BCUT2D eigenvalue weighted by molar-refractivity contribution is 5.92. The van der Waals surface area contributed by atoms with Gasteiger partial charge in [-0.1, -0.05) is 25.2 Å². The number of aliphatic hydroxyl groups is 13. The monoisotopic (exact) mass is 1360 g/mol. The number of esters is 6. The van der Waals surface area contributed by atoms with Crippen LogP contribution in [-0.4, -0.2) is 280 Å². The Bertz CT molecular complexity index is 2810. The third kappa shape index (κ3) is 17.1. The maximum atomic E-state index is 14.4. The average molecular weight is 1360 g/mol. The molecule has 0 unspecified atom stereocenters. The van der Waals surface area contributed by atoms with Gasteiger partial charge in [0.2, 0.25) is 18.9 Å². The molecule has 6 heterocycles. The van der Waals surface area contributed by atoms with Gasteiger partial charge in [-0.05, 0) is 32.1 Å². The lowest BCUT2D eigenvalue weighted by Crippen LogP contribution is -2.60. The third-order valence-corrected chi connectivity index (χ3v) is 18.2. The molecule has 6 aliphatic heterocycles. The Balaban J connectivity index is 1.13. The minimum atomic E-state index is -1.88. The molecule has 95 heavy (non-hydrogen) atoms. The minimum absolute atomic E-state index is 0.0937. The van der Waals surface area contributed by atoms with E-state index in [0.29, 0.717) is 0 Å². The van der Waals surface area contributed by atoms with Crippen molar-refractivity contribution in [3.63, 3.8) is 0 Å². The van der Waals surface area contributed by atoms with E-state index in [2.05, 4.69) is 6.58 Å². The number of hydrogen-bond donors (Lipinski definition) is 13.